The topological polar surface area (TPSA) is 49.3 Å². The van der Waals surface area contributed by atoms with E-state index in [4.69, 9.17) is 9.90 Å². The van der Waals surface area contributed by atoms with Gasteiger partial charge in [0.05, 0.1) is 0 Å². The van der Waals surface area contributed by atoms with Gasteiger partial charge in [-0.1, -0.05) is 87.6 Å². The van der Waals surface area contributed by atoms with Crippen molar-refractivity contribution in [1.82, 2.24) is 5.32 Å². The lowest BCUT2D eigenvalue weighted by molar-refractivity contribution is -0.192. The van der Waals surface area contributed by atoms with Crippen LogP contribution >= 0.6 is 0 Å². The van der Waals surface area contributed by atoms with Gasteiger partial charge in [0, 0.05) is 6.54 Å². The molecule has 6 heteroatoms. The summed E-state index contributed by atoms with van der Waals surface area (Å²) >= 11 is 0. The van der Waals surface area contributed by atoms with Gasteiger partial charge in [0.15, 0.2) is 0 Å². The van der Waals surface area contributed by atoms with Crippen molar-refractivity contribution >= 4 is 27.5 Å². The van der Waals surface area contributed by atoms with E-state index >= 15 is 0 Å². The van der Waals surface area contributed by atoms with E-state index < -0.39 is 12.1 Å². The molecule has 0 unspecified atom stereocenters. The zero-order valence-corrected chi connectivity index (χ0v) is 17.8. The molecule has 3 nitrogen and oxygen atoms in total. The maximum atomic E-state index is 10.6. The molecule has 0 aliphatic heterocycles. The van der Waals surface area contributed by atoms with Crippen molar-refractivity contribution in [1.29, 1.82) is 0 Å². The van der Waals surface area contributed by atoms with Crippen molar-refractivity contribution in [3.05, 3.63) is 60.2 Å². The SMILES string of the molecule is CCCCCCCCNCc1c2ccccc2cc2ccccc12.O=C(O)C(F)(F)F. The third kappa shape index (κ3) is 7.87. The molecule has 3 aromatic rings. The molecule has 0 fully saturated rings. The molecule has 0 radical (unpaired) electrons. The van der Waals surface area contributed by atoms with Crippen LogP contribution in [0.5, 0.6) is 0 Å². The first kappa shape index (κ1) is 24.7. The number of halogens is 3. The van der Waals surface area contributed by atoms with Gasteiger partial charge in [0.25, 0.3) is 0 Å². The maximum Gasteiger partial charge on any atom is 0.490 e. The molecule has 0 saturated carbocycles. The van der Waals surface area contributed by atoms with E-state index in [0.29, 0.717) is 0 Å². The summed E-state index contributed by atoms with van der Waals surface area (Å²) in [4.78, 5) is 8.90. The summed E-state index contributed by atoms with van der Waals surface area (Å²) < 4.78 is 31.7. The van der Waals surface area contributed by atoms with Crippen LogP contribution in [0.4, 0.5) is 13.2 Å². The van der Waals surface area contributed by atoms with Gasteiger partial charge in [-0.25, -0.2) is 4.79 Å². The van der Waals surface area contributed by atoms with Crippen LogP contribution in [0.15, 0.2) is 54.6 Å². The van der Waals surface area contributed by atoms with Gasteiger partial charge < -0.3 is 10.4 Å². The first-order valence-corrected chi connectivity index (χ1v) is 10.7. The van der Waals surface area contributed by atoms with Crippen LogP contribution in [0.3, 0.4) is 0 Å². The average molecular weight is 434 g/mol. The highest BCUT2D eigenvalue weighted by atomic mass is 19.4. The third-order valence-electron chi connectivity index (χ3n) is 5.13. The number of hydrogen-bond donors (Lipinski definition) is 2. The van der Waals surface area contributed by atoms with Crippen LogP contribution in [0, 0.1) is 0 Å². The second-order valence-electron chi connectivity index (χ2n) is 7.54. The summed E-state index contributed by atoms with van der Waals surface area (Å²) in [7, 11) is 0. The summed E-state index contributed by atoms with van der Waals surface area (Å²) in [5.41, 5.74) is 1.44. The minimum absolute atomic E-state index is 0.955. The van der Waals surface area contributed by atoms with Gasteiger partial charge in [-0.3, -0.25) is 0 Å². The van der Waals surface area contributed by atoms with E-state index in [1.165, 1.54) is 65.6 Å². The zero-order chi connectivity index (χ0) is 22.7. The van der Waals surface area contributed by atoms with Gasteiger partial charge >= 0.3 is 12.1 Å². The molecule has 0 heterocycles. The Morgan fingerprint density at radius 2 is 1.35 bits per heavy atom. The van der Waals surface area contributed by atoms with E-state index in [9.17, 15) is 13.2 Å². The fraction of sp³-hybridized carbons (Fsp3) is 0.400. The Morgan fingerprint density at radius 1 is 0.871 bits per heavy atom. The van der Waals surface area contributed by atoms with Crippen LogP contribution in [0.25, 0.3) is 21.5 Å². The van der Waals surface area contributed by atoms with Crippen LogP contribution in [-0.4, -0.2) is 23.8 Å². The number of rotatable bonds is 9. The molecule has 0 atom stereocenters. The minimum Gasteiger partial charge on any atom is -0.475 e. The number of aliphatic carboxylic acids is 1. The van der Waals surface area contributed by atoms with E-state index in [0.717, 1.165) is 13.1 Å². The molecule has 3 aromatic carbocycles. The molecule has 0 aliphatic rings. The highest BCUT2D eigenvalue weighted by molar-refractivity contribution is 6.02. The predicted octanol–water partition coefficient (Wildman–Crippen LogP) is 7.08. The Morgan fingerprint density at radius 3 is 1.87 bits per heavy atom. The van der Waals surface area contributed by atoms with Gasteiger partial charge in [0.1, 0.15) is 0 Å². The monoisotopic (exact) mass is 433 g/mol. The number of unbranched alkanes of at least 4 members (excludes halogenated alkanes) is 5. The molecular formula is C25H30F3NO2. The number of nitrogens with one attached hydrogen (secondary N) is 1. The third-order valence-corrected chi connectivity index (χ3v) is 5.13. The molecule has 0 spiro atoms. The molecule has 31 heavy (non-hydrogen) atoms. The summed E-state index contributed by atoms with van der Waals surface area (Å²) in [5.74, 6) is -2.76. The van der Waals surface area contributed by atoms with Crippen molar-refractivity contribution in [3.63, 3.8) is 0 Å². The molecule has 2 N–H and O–H groups in total. The number of alkyl halides is 3. The average Bonchev–Trinajstić information content (AvgIpc) is 2.74. The summed E-state index contributed by atoms with van der Waals surface area (Å²) in [6.45, 7) is 4.34. The lowest BCUT2D eigenvalue weighted by atomic mass is 9.97. The van der Waals surface area contributed by atoms with Crippen LogP contribution in [-0.2, 0) is 11.3 Å². The van der Waals surface area contributed by atoms with E-state index in [2.05, 4.69) is 66.8 Å². The van der Waals surface area contributed by atoms with Crippen LogP contribution in [0.2, 0.25) is 0 Å². The van der Waals surface area contributed by atoms with E-state index in [1.807, 2.05) is 0 Å². The molecule has 0 aliphatic carbocycles. The number of carboxylic acid groups (broad SMARTS) is 1. The Bertz CT molecular complexity index is 916. The Balaban J connectivity index is 0.000000423. The standard InChI is InChI=1S/C23H29N.C2HF3O2/c1-2-3-4-5-6-11-16-24-18-23-21-14-9-7-12-19(21)17-20-13-8-10-15-22(20)23;3-2(4,5)1(6)7/h7-10,12-15,17,24H,2-6,11,16,18H2,1H3;(H,6,7). The van der Waals surface area contributed by atoms with Gasteiger partial charge in [-0.2, -0.15) is 13.2 Å². The second-order valence-corrected chi connectivity index (χ2v) is 7.54. The Labute approximate surface area is 181 Å². The highest BCUT2D eigenvalue weighted by Gasteiger charge is 2.38. The summed E-state index contributed by atoms with van der Waals surface area (Å²) in [6, 6.07) is 19.8. The van der Waals surface area contributed by atoms with Gasteiger partial charge in [-0.15, -0.1) is 0 Å². The van der Waals surface area contributed by atoms with E-state index in [1.54, 1.807) is 0 Å². The first-order chi connectivity index (χ1) is 14.8. The number of hydrogen-bond acceptors (Lipinski definition) is 2. The molecule has 0 bridgehead atoms. The van der Waals surface area contributed by atoms with Crippen molar-refractivity contribution in [2.24, 2.45) is 0 Å². The number of fused-ring (bicyclic) bond motifs is 2. The van der Waals surface area contributed by atoms with Crippen LogP contribution < -0.4 is 5.32 Å². The lowest BCUT2D eigenvalue weighted by Crippen LogP contribution is -2.21. The number of carboxylic acids is 1. The molecule has 0 amide bonds. The molecule has 3 rings (SSSR count). The molecular weight excluding hydrogens is 403 g/mol. The molecule has 0 aromatic heterocycles. The minimum atomic E-state index is -5.08. The van der Waals surface area contributed by atoms with Crippen molar-refractivity contribution < 1.29 is 23.1 Å². The van der Waals surface area contributed by atoms with Crippen molar-refractivity contribution in [2.45, 2.75) is 58.2 Å². The molecule has 0 saturated heterocycles. The fourth-order valence-corrected chi connectivity index (χ4v) is 3.54. The normalized spacial score (nSPS) is 11.4. The highest BCUT2D eigenvalue weighted by Crippen LogP contribution is 2.28. The van der Waals surface area contributed by atoms with Crippen molar-refractivity contribution in [2.75, 3.05) is 6.54 Å². The molecule has 168 valence electrons. The Hall–Kier alpha value is -2.60. The second kappa shape index (κ2) is 12.3. The quantitative estimate of drug-likeness (QED) is 0.280. The Kier molecular flexibility index (Phi) is 9.79. The van der Waals surface area contributed by atoms with Crippen LogP contribution in [0.1, 0.15) is 51.0 Å². The zero-order valence-electron chi connectivity index (χ0n) is 17.8. The summed E-state index contributed by atoms with van der Waals surface area (Å²) in [6.07, 6.45) is 3.04. The fourth-order valence-electron chi connectivity index (χ4n) is 3.54. The predicted molar refractivity (Wildman–Crippen MR) is 120 cm³/mol. The van der Waals surface area contributed by atoms with Gasteiger partial charge in [0.2, 0.25) is 0 Å². The summed E-state index contributed by atoms with van der Waals surface area (Å²) in [5, 5.41) is 16.2. The van der Waals surface area contributed by atoms with E-state index in [-0.39, 0.29) is 0 Å². The maximum absolute atomic E-state index is 10.6. The number of carbonyl (C=O) groups is 1. The first-order valence-electron chi connectivity index (χ1n) is 10.7. The smallest absolute Gasteiger partial charge is 0.475 e. The van der Waals surface area contributed by atoms with Gasteiger partial charge in [-0.05, 0) is 46.1 Å². The largest absolute Gasteiger partial charge is 0.490 e. The number of benzene rings is 3. The lowest BCUT2D eigenvalue weighted by Gasteiger charge is -2.12. The van der Waals surface area contributed by atoms with Crippen molar-refractivity contribution in [3.8, 4) is 0 Å².